The van der Waals surface area contributed by atoms with E-state index in [1.807, 2.05) is 103 Å². The highest BCUT2D eigenvalue weighted by Crippen LogP contribution is 2.50. The molecule has 1 heterocycles. The van der Waals surface area contributed by atoms with E-state index in [-0.39, 0.29) is 12.0 Å². The average molecular weight is 498 g/mol. The van der Waals surface area contributed by atoms with Gasteiger partial charge < -0.3 is 9.84 Å². The summed E-state index contributed by atoms with van der Waals surface area (Å²) < 4.78 is 6.41. The number of rotatable bonds is 7. The number of carbonyl (C=O) groups is 1. The molecule has 4 nitrogen and oxygen atoms in total. The van der Waals surface area contributed by atoms with Crippen molar-refractivity contribution in [2.75, 3.05) is 6.26 Å². The molecule has 1 N–H and O–H groups in total. The van der Waals surface area contributed by atoms with Crippen molar-refractivity contribution in [2.45, 2.75) is 37.0 Å². The molecule has 0 unspecified atom stereocenters. The van der Waals surface area contributed by atoms with Gasteiger partial charge in [-0.2, -0.15) is 0 Å². The van der Waals surface area contributed by atoms with E-state index in [0.29, 0.717) is 0 Å². The Hall–Kier alpha value is -3.28. The molecule has 1 aliphatic heterocycles. The standard InChI is InChI=1S/C31H31NO3S/c1-21(2)28-31(25-14-6-4-7-15-25,26-16-8-5-9-17-26)35-30(34)32(28)29(36-3)27(33)24-19-18-22-12-10-11-13-23(22)20-24/h4-21,27-29,33H,1-3H3/t27-,28-,29-/m0/s1. The number of cyclic esters (lactones) is 1. The predicted molar refractivity (Wildman–Crippen MR) is 147 cm³/mol. The van der Waals surface area contributed by atoms with Crippen LogP contribution in [0.5, 0.6) is 0 Å². The van der Waals surface area contributed by atoms with Crippen LogP contribution in [0.25, 0.3) is 10.8 Å². The highest BCUT2D eigenvalue weighted by Gasteiger charge is 2.59. The third-order valence-electron chi connectivity index (χ3n) is 7.11. The summed E-state index contributed by atoms with van der Waals surface area (Å²) in [4.78, 5) is 15.6. The number of nitrogens with zero attached hydrogens (tertiary/aromatic N) is 1. The van der Waals surface area contributed by atoms with E-state index in [1.54, 1.807) is 4.90 Å². The van der Waals surface area contributed by atoms with Gasteiger partial charge in [-0.05, 0) is 34.6 Å². The van der Waals surface area contributed by atoms with Crippen molar-refractivity contribution in [3.63, 3.8) is 0 Å². The largest absolute Gasteiger partial charge is 0.431 e. The molecular formula is C31H31NO3S. The average Bonchev–Trinajstić information content (AvgIpc) is 3.23. The smallest absolute Gasteiger partial charge is 0.412 e. The fourth-order valence-corrected chi connectivity index (χ4v) is 6.42. The molecule has 36 heavy (non-hydrogen) atoms. The van der Waals surface area contributed by atoms with Crippen LogP contribution in [0.2, 0.25) is 0 Å². The second kappa shape index (κ2) is 10.00. The molecule has 184 valence electrons. The number of hydrogen-bond acceptors (Lipinski definition) is 4. The van der Waals surface area contributed by atoms with Crippen molar-refractivity contribution < 1.29 is 14.6 Å². The Morgan fingerprint density at radius 2 is 1.39 bits per heavy atom. The van der Waals surface area contributed by atoms with Gasteiger partial charge in [0.25, 0.3) is 0 Å². The number of fused-ring (bicyclic) bond motifs is 1. The van der Waals surface area contributed by atoms with Crippen LogP contribution >= 0.6 is 11.8 Å². The molecule has 5 heteroatoms. The van der Waals surface area contributed by atoms with Crippen LogP contribution in [-0.2, 0) is 10.3 Å². The van der Waals surface area contributed by atoms with E-state index < -0.39 is 23.2 Å². The van der Waals surface area contributed by atoms with Crippen LogP contribution in [0.1, 0.15) is 36.6 Å². The number of amides is 1. The number of aliphatic hydroxyl groups excluding tert-OH is 1. The lowest BCUT2D eigenvalue weighted by Gasteiger charge is -2.41. The van der Waals surface area contributed by atoms with Gasteiger partial charge in [0.2, 0.25) is 0 Å². The van der Waals surface area contributed by atoms with E-state index in [9.17, 15) is 9.90 Å². The summed E-state index contributed by atoms with van der Waals surface area (Å²) >= 11 is 1.47. The van der Waals surface area contributed by atoms with Crippen LogP contribution < -0.4 is 0 Å². The van der Waals surface area contributed by atoms with E-state index in [1.165, 1.54) is 11.8 Å². The summed E-state index contributed by atoms with van der Waals surface area (Å²) in [5.41, 5.74) is 1.63. The Kier molecular flexibility index (Phi) is 6.78. The second-order valence-electron chi connectivity index (χ2n) is 9.61. The number of hydrogen-bond donors (Lipinski definition) is 1. The molecule has 0 saturated carbocycles. The maximum atomic E-state index is 13.8. The highest BCUT2D eigenvalue weighted by atomic mass is 32.2. The number of benzene rings is 4. The lowest BCUT2D eigenvalue weighted by atomic mass is 9.75. The van der Waals surface area contributed by atoms with Crippen molar-refractivity contribution in [1.82, 2.24) is 4.90 Å². The summed E-state index contributed by atoms with van der Waals surface area (Å²) in [6.07, 6.45) is 0.631. The van der Waals surface area contributed by atoms with Gasteiger partial charge >= 0.3 is 6.09 Å². The molecule has 4 aromatic carbocycles. The Labute approximate surface area is 216 Å². The molecule has 0 aromatic heterocycles. The minimum absolute atomic E-state index is 0.0512. The number of thioether (sulfide) groups is 1. The third-order valence-corrected chi connectivity index (χ3v) is 8.08. The molecule has 0 aliphatic carbocycles. The van der Waals surface area contributed by atoms with E-state index in [2.05, 4.69) is 19.9 Å². The SMILES string of the molecule is CS[C@@H]([C@@H](O)c1ccc2ccccc2c1)N1C(=O)OC(c2ccccc2)(c2ccccc2)[C@@H]1C(C)C. The Morgan fingerprint density at radius 3 is 1.94 bits per heavy atom. The zero-order valence-electron chi connectivity index (χ0n) is 20.7. The van der Waals surface area contributed by atoms with Crippen molar-refractivity contribution >= 4 is 28.6 Å². The molecule has 5 rings (SSSR count). The van der Waals surface area contributed by atoms with Crippen molar-refractivity contribution in [1.29, 1.82) is 0 Å². The van der Waals surface area contributed by atoms with Crippen LogP contribution in [0.4, 0.5) is 4.79 Å². The normalized spacial score (nSPS) is 18.9. The highest BCUT2D eigenvalue weighted by molar-refractivity contribution is 7.99. The number of ether oxygens (including phenoxy) is 1. The van der Waals surface area contributed by atoms with E-state index >= 15 is 0 Å². The van der Waals surface area contributed by atoms with Crippen molar-refractivity contribution in [3.8, 4) is 0 Å². The van der Waals surface area contributed by atoms with E-state index in [0.717, 1.165) is 27.5 Å². The van der Waals surface area contributed by atoms with Crippen LogP contribution in [0.15, 0.2) is 103 Å². The molecule has 1 aliphatic rings. The summed E-state index contributed by atoms with van der Waals surface area (Å²) in [5, 5.41) is 13.3. The Morgan fingerprint density at radius 1 is 0.833 bits per heavy atom. The molecule has 1 saturated heterocycles. The molecule has 4 aromatic rings. The first-order chi connectivity index (χ1) is 17.5. The molecule has 0 spiro atoms. The van der Waals surface area contributed by atoms with E-state index in [4.69, 9.17) is 4.74 Å². The maximum absolute atomic E-state index is 13.8. The van der Waals surface area contributed by atoms with Crippen LogP contribution in [0.3, 0.4) is 0 Å². The Bertz CT molecular complexity index is 1300. The summed E-state index contributed by atoms with van der Waals surface area (Å²) in [7, 11) is 0. The third kappa shape index (κ3) is 4.06. The van der Waals surface area contributed by atoms with Crippen LogP contribution in [-0.4, -0.2) is 33.8 Å². The molecular weight excluding hydrogens is 466 g/mol. The van der Waals surface area contributed by atoms with Gasteiger partial charge in [-0.25, -0.2) is 4.79 Å². The minimum Gasteiger partial charge on any atom is -0.431 e. The lowest BCUT2D eigenvalue weighted by molar-refractivity contribution is 0.0479. The predicted octanol–water partition coefficient (Wildman–Crippen LogP) is 6.98. The molecule has 0 radical (unpaired) electrons. The van der Waals surface area contributed by atoms with Crippen LogP contribution in [0, 0.1) is 5.92 Å². The Balaban J connectivity index is 1.63. The van der Waals surface area contributed by atoms with Crippen molar-refractivity contribution in [2.24, 2.45) is 5.92 Å². The van der Waals surface area contributed by atoms with Gasteiger partial charge in [-0.15, -0.1) is 11.8 Å². The first-order valence-corrected chi connectivity index (χ1v) is 13.6. The summed E-state index contributed by atoms with van der Waals surface area (Å²) in [6, 6.07) is 33.7. The van der Waals surface area contributed by atoms with Gasteiger partial charge in [0, 0.05) is 11.1 Å². The fraction of sp³-hybridized carbons (Fsp3) is 0.258. The zero-order valence-corrected chi connectivity index (χ0v) is 21.6. The lowest BCUT2D eigenvalue weighted by Crippen LogP contribution is -2.51. The van der Waals surface area contributed by atoms with Gasteiger partial charge in [0.05, 0.1) is 6.04 Å². The monoisotopic (exact) mass is 497 g/mol. The first-order valence-electron chi connectivity index (χ1n) is 12.3. The quantitative estimate of drug-likeness (QED) is 0.299. The molecule has 1 fully saturated rings. The topological polar surface area (TPSA) is 49.8 Å². The zero-order chi connectivity index (χ0) is 25.3. The summed E-state index contributed by atoms with van der Waals surface area (Å²) in [6.45, 7) is 4.22. The minimum atomic E-state index is -0.995. The van der Waals surface area contributed by atoms with Gasteiger partial charge in [-0.1, -0.05) is 111 Å². The fourth-order valence-electron chi connectivity index (χ4n) is 5.56. The molecule has 1 amide bonds. The molecule has 3 atom stereocenters. The van der Waals surface area contributed by atoms with Gasteiger partial charge in [0.1, 0.15) is 11.5 Å². The number of carbonyl (C=O) groups excluding carboxylic acids is 1. The first kappa shape index (κ1) is 24.4. The van der Waals surface area contributed by atoms with Gasteiger partial charge in [0.15, 0.2) is 5.60 Å². The molecule has 0 bridgehead atoms. The van der Waals surface area contributed by atoms with Crippen molar-refractivity contribution in [3.05, 3.63) is 120 Å². The second-order valence-corrected chi connectivity index (χ2v) is 10.6. The number of aliphatic hydroxyl groups is 1. The van der Waals surface area contributed by atoms with Gasteiger partial charge in [-0.3, -0.25) is 4.90 Å². The summed E-state index contributed by atoms with van der Waals surface area (Å²) in [5.74, 6) is 0.0512. The maximum Gasteiger partial charge on any atom is 0.412 e.